The van der Waals surface area contributed by atoms with Crippen LogP contribution in [0, 0.1) is 18.3 Å². The molecule has 0 spiro atoms. The SMILES string of the molecule is Cc1nc(CNCC2(CC(C)C)CCCC2)cs1. The first kappa shape index (κ1) is 14.0. The van der Waals surface area contributed by atoms with Gasteiger partial charge in [0.05, 0.1) is 10.7 Å². The lowest BCUT2D eigenvalue weighted by Crippen LogP contribution is -2.33. The van der Waals surface area contributed by atoms with E-state index in [1.54, 1.807) is 11.3 Å². The van der Waals surface area contributed by atoms with Crippen LogP contribution in [0.5, 0.6) is 0 Å². The fourth-order valence-electron chi connectivity index (χ4n) is 3.39. The minimum Gasteiger partial charge on any atom is -0.311 e. The van der Waals surface area contributed by atoms with Gasteiger partial charge in [0.25, 0.3) is 0 Å². The molecule has 18 heavy (non-hydrogen) atoms. The Bertz CT molecular complexity index is 364. The molecule has 2 nitrogen and oxygen atoms in total. The smallest absolute Gasteiger partial charge is 0.0897 e. The number of aryl methyl sites for hydroxylation is 1. The predicted molar refractivity (Wildman–Crippen MR) is 78.9 cm³/mol. The Labute approximate surface area is 115 Å². The summed E-state index contributed by atoms with van der Waals surface area (Å²) in [6, 6.07) is 0. The number of aromatic nitrogens is 1. The Morgan fingerprint density at radius 1 is 1.39 bits per heavy atom. The lowest BCUT2D eigenvalue weighted by molar-refractivity contribution is 0.223. The van der Waals surface area contributed by atoms with Crippen molar-refractivity contribution in [2.24, 2.45) is 11.3 Å². The largest absolute Gasteiger partial charge is 0.311 e. The Hall–Kier alpha value is -0.410. The third-order valence-corrected chi connectivity index (χ3v) is 4.80. The average molecular weight is 266 g/mol. The second-order valence-electron chi connectivity index (χ2n) is 6.27. The first-order valence-electron chi connectivity index (χ1n) is 7.21. The molecular formula is C15H26N2S. The van der Waals surface area contributed by atoms with Crippen LogP contribution in [0.2, 0.25) is 0 Å². The summed E-state index contributed by atoms with van der Waals surface area (Å²) in [5.74, 6) is 0.811. The number of rotatable bonds is 6. The van der Waals surface area contributed by atoms with Crippen molar-refractivity contribution in [1.29, 1.82) is 0 Å². The maximum Gasteiger partial charge on any atom is 0.0897 e. The third-order valence-electron chi connectivity index (χ3n) is 3.98. The molecule has 0 aliphatic heterocycles. The first-order chi connectivity index (χ1) is 8.60. The van der Waals surface area contributed by atoms with Crippen molar-refractivity contribution in [3.8, 4) is 0 Å². The zero-order chi connectivity index (χ0) is 13.0. The fraction of sp³-hybridized carbons (Fsp3) is 0.800. The van der Waals surface area contributed by atoms with E-state index in [1.165, 1.54) is 49.4 Å². The van der Waals surface area contributed by atoms with Crippen molar-refractivity contribution in [3.63, 3.8) is 0 Å². The van der Waals surface area contributed by atoms with Crippen LogP contribution in [0.3, 0.4) is 0 Å². The lowest BCUT2D eigenvalue weighted by Gasteiger charge is -2.31. The van der Waals surface area contributed by atoms with Crippen LogP contribution in [-0.2, 0) is 6.54 Å². The number of hydrogen-bond acceptors (Lipinski definition) is 3. The Balaban J connectivity index is 1.82. The van der Waals surface area contributed by atoms with E-state index in [0.29, 0.717) is 5.41 Å². The number of thiazole rings is 1. The summed E-state index contributed by atoms with van der Waals surface area (Å²) in [4.78, 5) is 4.51. The molecule has 0 amide bonds. The van der Waals surface area contributed by atoms with Crippen molar-refractivity contribution >= 4 is 11.3 Å². The lowest BCUT2D eigenvalue weighted by atomic mass is 9.78. The molecular weight excluding hydrogens is 240 g/mol. The van der Waals surface area contributed by atoms with Crippen molar-refractivity contribution in [2.75, 3.05) is 6.54 Å². The van der Waals surface area contributed by atoms with Crippen LogP contribution < -0.4 is 5.32 Å². The van der Waals surface area contributed by atoms with E-state index in [2.05, 4.69) is 36.5 Å². The molecule has 0 radical (unpaired) electrons. The minimum atomic E-state index is 0.569. The number of nitrogens with zero attached hydrogens (tertiary/aromatic N) is 1. The second-order valence-corrected chi connectivity index (χ2v) is 7.33. The Morgan fingerprint density at radius 2 is 2.11 bits per heavy atom. The second kappa shape index (κ2) is 6.16. The highest BCUT2D eigenvalue weighted by molar-refractivity contribution is 7.09. The summed E-state index contributed by atoms with van der Waals surface area (Å²) < 4.78 is 0. The molecule has 0 unspecified atom stereocenters. The molecule has 0 aromatic carbocycles. The molecule has 0 bridgehead atoms. The van der Waals surface area contributed by atoms with Crippen molar-refractivity contribution in [1.82, 2.24) is 10.3 Å². The molecule has 3 heteroatoms. The molecule has 1 N–H and O–H groups in total. The molecule has 102 valence electrons. The number of hydrogen-bond donors (Lipinski definition) is 1. The molecule has 0 atom stereocenters. The molecule has 1 fully saturated rings. The van der Waals surface area contributed by atoms with Crippen LogP contribution in [0.25, 0.3) is 0 Å². The molecule has 1 saturated carbocycles. The highest BCUT2D eigenvalue weighted by atomic mass is 32.1. The van der Waals surface area contributed by atoms with Gasteiger partial charge in [0.15, 0.2) is 0 Å². The Kier molecular flexibility index (Phi) is 4.79. The summed E-state index contributed by atoms with van der Waals surface area (Å²) in [7, 11) is 0. The fourth-order valence-corrected chi connectivity index (χ4v) is 4.00. The summed E-state index contributed by atoms with van der Waals surface area (Å²) in [6.07, 6.45) is 7.03. The maximum atomic E-state index is 4.51. The monoisotopic (exact) mass is 266 g/mol. The first-order valence-corrected chi connectivity index (χ1v) is 8.09. The van der Waals surface area contributed by atoms with Gasteiger partial charge < -0.3 is 5.32 Å². The van der Waals surface area contributed by atoms with Crippen molar-refractivity contribution < 1.29 is 0 Å². The van der Waals surface area contributed by atoms with Gasteiger partial charge in [-0.1, -0.05) is 26.7 Å². The highest BCUT2D eigenvalue weighted by Gasteiger charge is 2.33. The van der Waals surface area contributed by atoms with E-state index in [-0.39, 0.29) is 0 Å². The molecule has 0 saturated heterocycles. The van der Waals surface area contributed by atoms with E-state index in [0.717, 1.165) is 12.5 Å². The topological polar surface area (TPSA) is 24.9 Å². The summed E-state index contributed by atoms with van der Waals surface area (Å²) >= 11 is 1.75. The van der Waals surface area contributed by atoms with E-state index in [4.69, 9.17) is 0 Å². The van der Waals surface area contributed by atoms with Gasteiger partial charge in [0.2, 0.25) is 0 Å². The van der Waals surface area contributed by atoms with Crippen LogP contribution in [-0.4, -0.2) is 11.5 Å². The quantitative estimate of drug-likeness (QED) is 0.836. The standard InChI is InChI=1S/C15H26N2S/c1-12(2)8-15(6-4-5-7-15)11-16-9-14-10-18-13(3)17-14/h10,12,16H,4-9,11H2,1-3H3. The minimum absolute atomic E-state index is 0.569. The van der Waals surface area contributed by atoms with Gasteiger partial charge in [-0.15, -0.1) is 11.3 Å². The van der Waals surface area contributed by atoms with E-state index in [9.17, 15) is 0 Å². The zero-order valence-electron chi connectivity index (χ0n) is 12.0. The normalized spacial score (nSPS) is 18.7. The van der Waals surface area contributed by atoms with Gasteiger partial charge in [-0.2, -0.15) is 0 Å². The van der Waals surface area contributed by atoms with Gasteiger partial charge in [-0.25, -0.2) is 4.98 Å². The molecule has 1 aromatic rings. The average Bonchev–Trinajstić information content (AvgIpc) is 2.88. The van der Waals surface area contributed by atoms with Crippen molar-refractivity contribution in [2.45, 2.75) is 59.4 Å². The summed E-state index contributed by atoms with van der Waals surface area (Å²) in [5.41, 5.74) is 1.77. The van der Waals surface area contributed by atoms with Gasteiger partial charge in [-0.05, 0) is 37.5 Å². The molecule has 1 aliphatic carbocycles. The van der Waals surface area contributed by atoms with Gasteiger partial charge >= 0.3 is 0 Å². The molecule has 2 rings (SSSR count). The van der Waals surface area contributed by atoms with Gasteiger partial charge in [0, 0.05) is 18.5 Å². The van der Waals surface area contributed by atoms with Gasteiger partial charge in [0.1, 0.15) is 0 Å². The summed E-state index contributed by atoms with van der Waals surface area (Å²) in [6.45, 7) is 8.88. The van der Waals surface area contributed by atoms with Crippen LogP contribution in [0.4, 0.5) is 0 Å². The predicted octanol–water partition coefficient (Wildman–Crippen LogP) is 4.15. The van der Waals surface area contributed by atoms with Crippen LogP contribution >= 0.6 is 11.3 Å². The van der Waals surface area contributed by atoms with Crippen LogP contribution in [0.1, 0.15) is 56.7 Å². The van der Waals surface area contributed by atoms with Crippen molar-refractivity contribution in [3.05, 3.63) is 16.1 Å². The van der Waals surface area contributed by atoms with E-state index < -0.39 is 0 Å². The maximum absolute atomic E-state index is 4.51. The van der Waals surface area contributed by atoms with E-state index in [1.807, 2.05) is 0 Å². The van der Waals surface area contributed by atoms with Gasteiger partial charge in [-0.3, -0.25) is 0 Å². The Morgan fingerprint density at radius 3 is 2.67 bits per heavy atom. The van der Waals surface area contributed by atoms with E-state index >= 15 is 0 Å². The zero-order valence-corrected chi connectivity index (χ0v) is 12.8. The third kappa shape index (κ3) is 3.79. The van der Waals surface area contributed by atoms with Crippen LogP contribution in [0.15, 0.2) is 5.38 Å². The highest BCUT2D eigenvalue weighted by Crippen LogP contribution is 2.42. The summed E-state index contributed by atoms with van der Waals surface area (Å²) in [5, 5.41) is 6.99. The number of nitrogens with one attached hydrogen (secondary N) is 1. The molecule has 1 aromatic heterocycles. The molecule has 1 heterocycles. The molecule has 1 aliphatic rings.